The van der Waals surface area contributed by atoms with Crippen molar-refractivity contribution in [3.8, 4) is 11.1 Å². The van der Waals surface area contributed by atoms with Crippen molar-refractivity contribution in [1.82, 2.24) is 5.48 Å². The predicted molar refractivity (Wildman–Crippen MR) is 99.4 cm³/mol. The third-order valence-electron chi connectivity index (χ3n) is 3.90. The largest absolute Gasteiger partial charge is 0.481 e. The molecule has 0 aromatic heterocycles. The second-order valence-electron chi connectivity index (χ2n) is 5.77. The summed E-state index contributed by atoms with van der Waals surface area (Å²) in [6.45, 7) is 1.75. The van der Waals surface area contributed by atoms with Crippen LogP contribution in [0.4, 0.5) is 0 Å². The Hall–Kier alpha value is -3.19. The van der Waals surface area contributed by atoms with Gasteiger partial charge in [0, 0.05) is 6.42 Å². The molecule has 1 amide bonds. The molecule has 0 aliphatic carbocycles. The highest BCUT2D eigenvalue weighted by atomic mass is 16.5. The molecule has 0 aliphatic heterocycles. The van der Waals surface area contributed by atoms with E-state index in [1.165, 1.54) is 5.48 Å². The van der Waals surface area contributed by atoms with Crippen molar-refractivity contribution in [3.63, 3.8) is 0 Å². The van der Waals surface area contributed by atoms with Gasteiger partial charge in [0.1, 0.15) is 0 Å². The van der Waals surface area contributed by atoms with Gasteiger partial charge in [0.2, 0.25) is 5.91 Å². The van der Waals surface area contributed by atoms with Gasteiger partial charge in [0.15, 0.2) is 0 Å². The molecule has 0 saturated carbocycles. The third kappa shape index (κ3) is 7.70. The van der Waals surface area contributed by atoms with E-state index >= 15 is 0 Å². The third-order valence-corrected chi connectivity index (χ3v) is 3.90. The van der Waals surface area contributed by atoms with Gasteiger partial charge in [-0.3, -0.25) is 14.8 Å². The van der Waals surface area contributed by atoms with Gasteiger partial charge in [-0.25, -0.2) is 10.3 Å². The number of rotatable bonds is 7. The Morgan fingerprint density at radius 2 is 1.59 bits per heavy atom. The Morgan fingerprint density at radius 1 is 0.963 bits per heavy atom. The summed E-state index contributed by atoms with van der Waals surface area (Å²) in [4.78, 5) is 31.7. The van der Waals surface area contributed by atoms with Crippen LogP contribution in [0.3, 0.4) is 0 Å². The smallest absolute Gasteiger partial charge is 0.335 e. The number of carboxylic acid groups (broad SMARTS) is 2. The molecule has 4 N–H and O–H groups in total. The topological polar surface area (TPSA) is 124 Å². The molecule has 7 nitrogen and oxygen atoms in total. The first-order valence-electron chi connectivity index (χ1n) is 8.43. The Morgan fingerprint density at radius 3 is 2.11 bits per heavy atom. The van der Waals surface area contributed by atoms with E-state index in [0.717, 1.165) is 11.1 Å². The SMILES string of the molecule is CCC(CCC(=O)NO)C(=O)O.O=C(O)c1cccc(-c2ccccc2)c1. The zero-order chi connectivity index (χ0) is 20.2. The number of hydrogen-bond donors (Lipinski definition) is 4. The van der Waals surface area contributed by atoms with Gasteiger partial charge >= 0.3 is 11.9 Å². The lowest BCUT2D eigenvalue weighted by atomic mass is 10.0. The fourth-order valence-electron chi connectivity index (χ4n) is 2.33. The average Bonchev–Trinajstić information content (AvgIpc) is 2.69. The molecule has 0 spiro atoms. The number of aromatic carboxylic acids is 1. The number of hydroxylamine groups is 1. The molecule has 1 unspecified atom stereocenters. The molecule has 0 fully saturated rings. The first kappa shape index (κ1) is 21.9. The van der Waals surface area contributed by atoms with E-state index in [1.807, 2.05) is 36.4 Å². The van der Waals surface area contributed by atoms with Crippen molar-refractivity contribution < 1.29 is 29.8 Å². The number of benzene rings is 2. The van der Waals surface area contributed by atoms with Crippen LogP contribution in [0.15, 0.2) is 54.6 Å². The van der Waals surface area contributed by atoms with Crippen molar-refractivity contribution in [1.29, 1.82) is 0 Å². The van der Waals surface area contributed by atoms with E-state index in [4.69, 9.17) is 15.4 Å². The maximum absolute atomic E-state index is 10.8. The molecule has 0 heterocycles. The van der Waals surface area contributed by atoms with Crippen LogP contribution < -0.4 is 5.48 Å². The highest BCUT2D eigenvalue weighted by molar-refractivity contribution is 5.89. The number of hydrogen-bond acceptors (Lipinski definition) is 4. The van der Waals surface area contributed by atoms with E-state index in [9.17, 15) is 14.4 Å². The van der Waals surface area contributed by atoms with Crippen LogP contribution in [-0.4, -0.2) is 33.3 Å². The number of carbonyl (C=O) groups excluding carboxylic acids is 1. The fourth-order valence-corrected chi connectivity index (χ4v) is 2.33. The van der Waals surface area contributed by atoms with Gasteiger partial charge in [0.25, 0.3) is 0 Å². The normalized spacial score (nSPS) is 10.9. The minimum Gasteiger partial charge on any atom is -0.481 e. The lowest BCUT2D eigenvalue weighted by Gasteiger charge is -2.07. The number of amides is 1. The van der Waals surface area contributed by atoms with E-state index in [-0.39, 0.29) is 12.8 Å². The van der Waals surface area contributed by atoms with Crippen LogP contribution in [0, 0.1) is 5.92 Å². The molecule has 0 saturated heterocycles. The zero-order valence-corrected chi connectivity index (χ0v) is 15.0. The minimum absolute atomic E-state index is 0.0430. The van der Waals surface area contributed by atoms with Crippen molar-refractivity contribution >= 4 is 17.8 Å². The molecular weight excluding hydrogens is 350 g/mol. The summed E-state index contributed by atoms with van der Waals surface area (Å²) in [6.07, 6.45) is 0.799. The Labute approximate surface area is 157 Å². The van der Waals surface area contributed by atoms with E-state index in [2.05, 4.69) is 0 Å². The second kappa shape index (κ2) is 11.4. The minimum atomic E-state index is -0.900. The summed E-state index contributed by atoms with van der Waals surface area (Å²) in [5, 5.41) is 25.5. The van der Waals surface area contributed by atoms with Crippen molar-refractivity contribution in [2.24, 2.45) is 5.92 Å². The van der Waals surface area contributed by atoms with Crippen LogP contribution >= 0.6 is 0 Å². The lowest BCUT2D eigenvalue weighted by Crippen LogP contribution is -2.21. The molecule has 144 valence electrons. The Kier molecular flexibility index (Phi) is 9.25. The van der Waals surface area contributed by atoms with Gasteiger partial charge in [-0.05, 0) is 36.1 Å². The van der Waals surface area contributed by atoms with Crippen LogP contribution in [0.5, 0.6) is 0 Å². The van der Waals surface area contributed by atoms with Crippen LogP contribution in [0.2, 0.25) is 0 Å². The maximum Gasteiger partial charge on any atom is 0.335 e. The first-order valence-corrected chi connectivity index (χ1v) is 8.43. The quantitative estimate of drug-likeness (QED) is 0.435. The van der Waals surface area contributed by atoms with Crippen LogP contribution in [0.25, 0.3) is 11.1 Å². The summed E-state index contributed by atoms with van der Waals surface area (Å²) >= 11 is 0. The molecule has 27 heavy (non-hydrogen) atoms. The molecule has 0 radical (unpaired) electrons. The van der Waals surface area contributed by atoms with Crippen LogP contribution in [0.1, 0.15) is 36.5 Å². The van der Waals surface area contributed by atoms with E-state index in [0.29, 0.717) is 12.0 Å². The monoisotopic (exact) mass is 373 g/mol. The second-order valence-corrected chi connectivity index (χ2v) is 5.77. The number of carbonyl (C=O) groups is 3. The van der Waals surface area contributed by atoms with Gasteiger partial charge in [-0.15, -0.1) is 0 Å². The standard InChI is InChI=1S/C13H10O2.C7H13NO4/c14-13(15)12-8-4-7-11(9-12)10-5-2-1-3-6-10;1-2-5(7(10)11)3-4-6(9)8-12/h1-9H,(H,14,15);5,12H,2-4H2,1H3,(H,8,9)(H,10,11). The summed E-state index contributed by atoms with van der Waals surface area (Å²) < 4.78 is 0. The molecule has 2 aromatic carbocycles. The average molecular weight is 373 g/mol. The van der Waals surface area contributed by atoms with Gasteiger partial charge < -0.3 is 10.2 Å². The van der Waals surface area contributed by atoms with Gasteiger partial charge in [-0.2, -0.15) is 0 Å². The molecule has 1 atom stereocenters. The number of nitrogens with one attached hydrogen (secondary N) is 1. The van der Waals surface area contributed by atoms with Gasteiger partial charge in [-0.1, -0.05) is 49.4 Å². The van der Waals surface area contributed by atoms with Gasteiger partial charge in [0.05, 0.1) is 11.5 Å². The first-order chi connectivity index (χ1) is 12.9. The van der Waals surface area contributed by atoms with Crippen molar-refractivity contribution in [2.45, 2.75) is 26.2 Å². The van der Waals surface area contributed by atoms with E-state index < -0.39 is 23.8 Å². The predicted octanol–water partition coefficient (Wildman–Crippen LogP) is 3.43. The Balaban J connectivity index is 0.000000279. The zero-order valence-electron chi connectivity index (χ0n) is 15.0. The summed E-state index contributed by atoms with van der Waals surface area (Å²) in [5.74, 6) is -2.84. The number of carboxylic acids is 2. The highest BCUT2D eigenvalue weighted by Crippen LogP contribution is 2.19. The molecule has 2 rings (SSSR count). The van der Waals surface area contributed by atoms with E-state index in [1.54, 1.807) is 25.1 Å². The Bertz CT molecular complexity index is 760. The van der Waals surface area contributed by atoms with Crippen molar-refractivity contribution in [2.75, 3.05) is 0 Å². The highest BCUT2D eigenvalue weighted by Gasteiger charge is 2.15. The maximum atomic E-state index is 10.8. The number of aliphatic carboxylic acids is 1. The van der Waals surface area contributed by atoms with Crippen molar-refractivity contribution in [3.05, 3.63) is 60.2 Å². The van der Waals surface area contributed by atoms with Crippen LogP contribution in [-0.2, 0) is 9.59 Å². The molecule has 2 aromatic rings. The molecule has 0 aliphatic rings. The summed E-state index contributed by atoms with van der Waals surface area (Å²) in [6, 6.07) is 16.7. The summed E-state index contributed by atoms with van der Waals surface area (Å²) in [7, 11) is 0. The summed E-state index contributed by atoms with van der Waals surface area (Å²) in [5.41, 5.74) is 3.72. The lowest BCUT2D eigenvalue weighted by molar-refractivity contribution is -0.142. The molecule has 7 heteroatoms. The molecular formula is C20H23NO6. The fraction of sp³-hybridized carbons (Fsp3) is 0.250. The molecule has 0 bridgehead atoms.